The van der Waals surface area contributed by atoms with Gasteiger partial charge in [-0.1, -0.05) is 35.8 Å². The summed E-state index contributed by atoms with van der Waals surface area (Å²) in [5.41, 5.74) is 2.53. The van der Waals surface area contributed by atoms with E-state index in [1.807, 2.05) is 19.1 Å². The second-order valence-electron chi connectivity index (χ2n) is 3.38. The summed E-state index contributed by atoms with van der Waals surface area (Å²) in [7, 11) is 5.77. The molecule has 1 rings (SSSR count). The van der Waals surface area contributed by atoms with Crippen LogP contribution in [0.4, 0.5) is 0 Å². The Kier molecular flexibility index (Phi) is 3.72. The summed E-state index contributed by atoms with van der Waals surface area (Å²) in [5, 5.41) is 0. The van der Waals surface area contributed by atoms with Crippen LogP contribution >= 0.6 is 0 Å². The van der Waals surface area contributed by atoms with Gasteiger partial charge >= 0.3 is 5.97 Å². The van der Waals surface area contributed by atoms with Gasteiger partial charge in [-0.25, -0.2) is 0 Å². The molecule has 2 radical (unpaired) electrons. The Morgan fingerprint density at radius 3 is 2.73 bits per heavy atom. The van der Waals surface area contributed by atoms with E-state index >= 15 is 0 Å². The molecule has 0 aliphatic heterocycles. The van der Waals surface area contributed by atoms with Gasteiger partial charge in [0.15, 0.2) is 0 Å². The molecule has 1 aromatic carbocycles. The van der Waals surface area contributed by atoms with E-state index in [4.69, 9.17) is 12.6 Å². The highest BCUT2D eigenvalue weighted by Crippen LogP contribution is 2.17. The molecule has 2 nitrogen and oxygen atoms in total. The molecule has 1 atom stereocenters. The van der Waals surface area contributed by atoms with Crippen LogP contribution in [-0.4, -0.2) is 13.8 Å². The summed E-state index contributed by atoms with van der Waals surface area (Å²) >= 11 is 0. The SMILES string of the molecule is [B]c1cc(C(C=C)OC(C)=O)ccc1C. The Morgan fingerprint density at radius 2 is 2.27 bits per heavy atom. The predicted molar refractivity (Wildman–Crippen MR) is 61.3 cm³/mol. The maximum Gasteiger partial charge on any atom is 0.303 e. The first-order valence-electron chi connectivity index (χ1n) is 4.70. The van der Waals surface area contributed by atoms with E-state index in [1.54, 1.807) is 12.1 Å². The van der Waals surface area contributed by atoms with Gasteiger partial charge in [-0.05, 0) is 18.6 Å². The van der Waals surface area contributed by atoms with Crippen molar-refractivity contribution in [2.45, 2.75) is 20.0 Å². The minimum atomic E-state index is -0.426. The number of carbonyl (C=O) groups excluding carboxylic acids is 1. The summed E-state index contributed by atoms with van der Waals surface area (Å²) in [6, 6.07) is 5.57. The van der Waals surface area contributed by atoms with Gasteiger partial charge < -0.3 is 4.74 Å². The van der Waals surface area contributed by atoms with E-state index < -0.39 is 6.10 Å². The number of hydrogen-bond donors (Lipinski definition) is 0. The molecule has 0 fully saturated rings. The molecule has 0 heterocycles. The largest absolute Gasteiger partial charge is 0.453 e. The fourth-order valence-electron chi connectivity index (χ4n) is 1.27. The van der Waals surface area contributed by atoms with E-state index in [9.17, 15) is 4.79 Å². The van der Waals surface area contributed by atoms with Crippen molar-refractivity contribution in [3.63, 3.8) is 0 Å². The van der Waals surface area contributed by atoms with Gasteiger partial charge in [0.1, 0.15) is 14.0 Å². The molecular formula is C12H13BO2. The van der Waals surface area contributed by atoms with Gasteiger partial charge in [0, 0.05) is 6.92 Å². The molecule has 0 bridgehead atoms. The highest BCUT2D eigenvalue weighted by atomic mass is 16.5. The third-order valence-electron chi connectivity index (χ3n) is 2.14. The maximum atomic E-state index is 10.8. The number of carbonyl (C=O) groups is 1. The Morgan fingerprint density at radius 1 is 1.60 bits per heavy atom. The molecule has 76 valence electrons. The Balaban J connectivity index is 2.97. The average molecular weight is 200 g/mol. The second-order valence-corrected chi connectivity index (χ2v) is 3.38. The lowest BCUT2D eigenvalue weighted by molar-refractivity contribution is -0.144. The van der Waals surface area contributed by atoms with E-state index in [-0.39, 0.29) is 5.97 Å². The molecule has 15 heavy (non-hydrogen) atoms. The zero-order valence-corrected chi connectivity index (χ0v) is 8.99. The van der Waals surface area contributed by atoms with E-state index in [0.29, 0.717) is 5.46 Å². The summed E-state index contributed by atoms with van der Waals surface area (Å²) in [4.78, 5) is 10.8. The van der Waals surface area contributed by atoms with E-state index in [0.717, 1.165) is 11.1 Å². The summed E-state index contributed by atoms with van der Waals surface area (Å²) < 4.78 is 5.07. The molecule has 3 heteroatoms. The van der Waals surface area contributed by atoms with E-state index in [2.05, 4.69) is 6.58 Å². The molecule has 0 aliphatic carbocycles. The van der Waals surface area contributed by atoms with Gasteiger partial charge in [0.25, 0.3) is 0 Å². The van der Waals surface area contributed by atoms with Crippen LogP contribution < -0.4 is 5.46 Å². The van der Waals surface area contributed by atoms with Gasteiger partial charge in [-0.2, -0.15) is 0 Å². The van der Waals surface area contributed by atoms with Gasteiger partial charge in [-0.3, -0.25) is 4.79 Å². The first kappa shape index (κ1) is 11.6. The van der Waals surface area contributed by atoms with Crippen LogP contribution in [0.3, 0.4) is 0 Å². The third kappa shape index (κ3) is 2.98. The highest BCUT2D eigenvalue weighted by molar-refractivity contribution is 6.33. The minimum absolute atomic E-state index is 0.334. The van der Waals surface area contributed by atoms with Crippen LogP contribution in [0.15, 0.2) is 30.9 Å². The Labute approximate surface area is 91.4 Å². The van der Waals surface area contributed by atoms with Crippen LogP contribution in [0.25, 0.3) is 0 Å². The normalized spacial score (nSPS) is 11.9. The Hall–Kier alpha value is -1.51. The molecular weight excluding hydrogens is 187 g/mol. The molecule has 0 aliphatic rings. The molecule has 0 saturated carbocycles. The second kappa shape index (κ2) is 4.83. The standard InChI is InChI=1S/C12H13BO2/c1-4-12(15-9(3)14)10-6-5-8(2)11(13)7-10/h4-7,12H,1H2,2-3H3. The van der Waals surface area contributed by atoms with Crippen molar-refractivity contribution in [2.75, 3.05) is 0 Å². The van der Waals surface area contributed by atoms with Crippen molar-refractivity contribution in [2.24, 2.45) is 0 Å². The zero-order chi connectivity index (χ0) is 11.4. The molecule has 1 aromatic rings. The van der Waals surface area contributed by atoms with Crippen molar-refractivity contribution in [1.82, 2.24) is 0 Å². The number of ether oxygens (including phenoxy) is 1. The number of benzene rings is 1. The van der Waals surface area contributed by atoms with Gasteiger partial charge in [-0.15, -0.1) is 0 Å². The van der Waals surface area contributed by atoms with Crippen LogP contribution in [0.5, 0.6) is 0 Å². The van der Waals surface area contributed by atoms with Crippen molar-refractivity contribution in [3.8, 4) is 0 Å². The lowest BCUT2D eigenvalue weighted by Gasteiger charge is -2.14. The van der Waals surface area contributed by atoms with Gasteiger partial charge in [0.2, 0.25) is 0 Å². The molecule has 1 unspecified atom stereocenters. The molecule has 0 spiro atoms. The maximum absolute atomic E-state index is 10.8. The van der Waals surface area contributed by atoms with Crippen LogP contribution in [0, 0.1) is 6.92 Å². The molecule has 0 saturated heterocycles. The monoisotopic (exact) mass is 200 g/mol. The summed E-state index contributed by atoms with van der Waals surface area (Å²) in [6.07, 6.45) is 1.15. The zero-order valence-electron chi connectivity index (χ0n) is 8.99. The fraction of sp³-hybridized carbons (Fsp3) is 0.250. The van der Waals surface area contributed by atoms with Crippen LogP contribution in [0.1, 0.15) is 24.2 Å². The molecule has 0 amide bonds. The number of aryl methyl sites for hydroxylation is 1. The minimum Gasteiger partial charge on any atom is -0.453 e. The van der Waals surface area contributed by atoms with Crippen LogP contribution in [0.2, 0.25) is 0 Å². The van der Waals surface area contributed by atoms with Crippen molar-refractivity contribution in [3.05, 3.63) is 42.0 Å². The lowest BCUT2D eigenvalue weighted by atomic mass is 9.88. The molecule has 0 N–H and O–H groups in total. The Bertz CT molecular complexity index is 385. The predicted octanol–water partition coefficient (Wildman–Crippen LogP) is 1.58. The molecule has 0 aromatic heterocycles. The van der Waals surface area contributed by atoms with Crippen molar-refractivity contribution >= 4 is 19.3 Å². The quantitative estimate of drug-likeness (QED) is 0.420. The lowest BCUT2D eigenvalue weighted by Crippen LogP contribution is -2.12. The smallest absolute Gasteiger partial charge is 0.303 e. The average Bonchev–Trinajstić information content (AvgIpc) is 2.18. The topological polar surface area (TPSA) is 26.3 Å². The number of esters is 1. The van der Waals surface area contributed by atoms with E-state index in [1.165, 1.54) is 6.92 Å². The highest BCUT2D eigenvalue weighted by Gasteiger charge is 2.10. The fourth-order valence-corrected chi connectivity index (χ4v) is 1.27. The van der Waals surface area contributed by atoms with Crippen molar-refractivity contribution in [1.29, 1.82) is 0 Å². The first-order valence-corrected chi connectivity index (χ1v) is 4.70. The third-order valence-corrected chi connectivity index (χ3v) is 2.14. The number of rotatable bonds is 3. The van der Waals surface area contributed by atoms with Crippen molar-refractivity contribution < 1.29 is 9.53 Å². The summed E-state index contributed by atoms with van der Waals surface area (Å²) in [6.45, 7) is 6.92. The summed E-state index contributed by atoms with van der Waals surface area (Å²) in [5.74, 6) is -0.334. The van der Waals surface area contributed by atoms with Gasteiger partial charge in [0.05, 0.1) is 0 Å². The number of hydrogen-bond acceptors (Lipinski definition) is 2. The first-order chi connectivity index (χ1) is 7.04. The van der Waals surface area contributed by atoms with Crippen LogP contribution in [-0.2, 0) is 9.53 Å².